The third-order valence-corrected chi connectivity index (χ3v) is 6.85. The van der Waals surface area contributed by atoms with Crippen LogP contribution in [-0.4, -0.2) is 40.8 Å². The largest absolute Gasteiger partial charge is 0.481 e. The highest BCUT2D eigenvalue weighted by Gasteiger charge is 2.46. The fraction of sp³-hybridized carbons (Fsp3) is 0.423. The lowest BCUT2D eigenvalue weighted by Gasteiger charge is -2.40. The molecule has 2 aromatic rings. The minimum atomic E-state index is -1.31. The van der Waals surface area contributed by atoms with Crippen LogP contribution in [0, 0.1) is 5.41 Å². The summed E-state index contributed by atoms with van der Waals surface area (Å²) in [6.45, 7) is 9.60. The summed E-state index contributed by atoms with van der Waals surface area (Å²) < 4.78 is 5.54. The summed E-state index contributed by atoms with van der Waals surface area (Å²) in [5, 5.41) is 14.9. The molecule has 0 atom stereocenters. The van der Waals surface area contributed by atoms with E-state index in [1.807, 2.05) is 36.4 Å². The summed E-state index contributed by atoms with van der Waals surface area (Å²) in [4.78, 5) is 37.1. The number of aliphatic carboxylic acids is 1. The van der Waals surface area contributed by atoms with Crippen molar-refractivity contribution in [1.82, 2.24) is 10.6 Å². The molecule has 7 heteroatoms. The Kier molecular flexibility index (Phi) is 6.29. The molecule has 1 aliphatic rings. The topological polar surface area (TPSA) is 105 Å². The van der Waals surface area contributed by atoms with Gasteiger partial charge >= 0.3 is 12.1 Å². The van der Waals surface area contributed by atoms with Crippen molar-refractivity contribution in [3.05, 3.63) is 59.7 Å². The Morgan fingerprint density at radius 3 is 1.82 bits per heavy atom. The van der Waals surface area contributed by atoms with E-state index in [9.17, 15) is 19.5 Å². The molecule has 33 heavy (non-hydrogen) atoms. The molecule has 0 saturated carbocycles. The highest BCUT2D eigenvalue weighted by atomic mass is 16.5. The van der Waals surface area contributed by atoms with Gasteiger partial charge in [-0.2, -0.15) is 0 Å². The van der Waals surface area contributed by atoms with Crippen LogP contribution in [0.2, 0.25) is 0 Å². The van der Waals surface area contributed by atoms with Crippen LogP contribution in [0.5, 0.6) is 0 Å². The average Bonchev–Trinajstić information content (AvgIpc) is 3.05. The second kappa shape index (κ2) is 8.54. The Balaban J connectivity index is 1.66. The number of hydrogen-bond acceptors (Lipinski definition) is 4. The lowest BCUT2D eigenvalue weighted by Crippen LogP contribution is -2.64. The maximum atomic E-state index is 12.9. The summed E-state index contributed by atoms with van der Waals surface area (Å²) in [6.07, 6.45) is -0.715. The van der Waals surface area contributed by atoms with Crippen LogP contribution in [0.4, 0.5) is 4.79 Å². The van der Waals surface area contributed by atoms with Gasteiger partial charge in [0.25, 0.3) is 0 Å². The van der Waals surface area contributed by atoms with Crippen molar-refractivity contribution in [2.75, 3.05) is 6.61 Å². The van der Waals surface area contributed by atoms with Gasteiger partial charge in [-0.3, -0.25) is 9.59 Å². The van der Waals surface area contributed by atoms with Gasteiger partial charge in [0.05, 0.1) is 11.0 Å². The van der Waals surface area contributed by atoms with Gasteiger partial charge in [0, 0.05) is 5.92 Å². The molecule has 0 bridgehead atoms. The maximum absolute atomic E-state index is 12.9. The number of alkyl carbamates (subject to hydrolysis) is 1. The molecular weight excluding hydrogens is 420 g/mol. The molecule has 176 valence electrons. The Bertz CT molecular complexity index is 1040. The van der Waals surface area contributed by atoms with Gasteiger partial charge in [-0.25, -0.2) is 4.79 Å². The van der Waals surface area contributed by atoms with Crippen molar-refractivity contribution < 1.29 is 24.2 Å². The zero-order valence-electron chi connectivity index (χ0n) is 20.0. The standard InChI is InChI=1S/C26H32N2O5/c1-24(2,22(30)31)26(5,6)27-21(29)25(3,4)28-23(32)33-15-20-18-13-9-7-11-16(18)17-12-8-10-14-19(17)20/h7-14,20H,15H2,1-6H3,(H,27,29)(H,28,32)(H,30,31). The Labute approximate surface area is 194 Å². The van der Waals surface area contributed by atoms with E-state index in [1.165, 1.54) is 0 Å². The Hall–Kier alpha value is -3.35. The van der Waals surface area contributed by atoms with Crippen LogP contribution in [-0.2, 0) is 14.3 Å². The van der Waals surface area contributed by atoms with E-state index in [0.29, 0.717) is 0 Å². The highest BCUT2D eigenvalue weighted by molar-refractivity contribution is 5.90. The maximum Gasteiger partial charge on any atom is 0.408 e. The first-order valence-corrected chi connectivity index (χ1v) is 11.0. The van der Waals surface area contributed by atoms with Gasteiger partial charge in [-0.1, -0.05) is 48.5 Å². The number of ether oxygens (including phenoxy) is 1. The molecule has 3 rings (SSSR count). The van der Waals surface area contributed by atoms with Gasteiger partial charge in [0.1, 0.15) is 12.1 Å². The summed E-state index contributed by atoms with van der Waals surface area (Å²) in [5.74, 6) is -1.62. The van der Waals surface area contributed by atoms with E-state index >= 15 is 0 Å². The molecule has 3 N–H and O–H groups in total. The molecule has 1 aliphatic carbocycles. The number of amides is 2. The summed E-state index contributed by atoms with van der Waals surface area (Å²) in [6, 6.07) is 16.1. The van der Waals surface area contributed by atoms with Crippen LogP contribution in [0.25, 0.3) is 11.1 Å². The number of carboxylic acids is 1. The molecule has 0 aliphatic heterocycles. The number of carbonyl (C=O) groups excluding carboxylic acids is 2. The van der Waals surface area contributed by atoms with Crippen LogP contribution in [0.3, 0.4) is 0 Å². The fourth-order valence-electron chi connectivity index (χ4n) is 3.81. The van der Waals surface area contributed by atoms with E-state index in [-0.39, 0.29) is 12.5 Å². The number of rotatable bonds is 7. The molecule has 0 fully saturated rings. The zero-order valence-corrected chi connectivity index (χ0v) is 20.0. The Morgan fingerprint density at radius 2 is 1.33 bits per heavy atom. The second-order valence-corrected chi connectivity index (χ2v) is 10.1. The zero-order chi connectivity index (χ0) is 24.6. The van der Waals surface area contributed by atoms with Crippen LogP contribution in [0.1, 0.15) is 58.6 Å². The summed E-state index contributed by atoms with van der Waals surface area (Å²) >= 11 is 0. The predicted octanol–water partition coefficient (Wildman–Crippen LogP) is 4.31. The van der Waals surface area contributed by atoms with Crippen LogP contribution >= 0.6 is 0 Å². The lowest BCUT2D eigenvalue weighted by atomic mass is 9.74. The number of fused-ring (bicyclic) bond motifs is 3. The van der Waals surface area contributed by atoms with Crippen molar-refractivity contribution >= 4 is 18.0 Å². The SMILES string of the molecule is CC(C)(NC(=O)OCC1c2ccccc2-c2ccccc21)C(=O)NC(C)(C)C(C)(C)C(=O)O. The van der Waals surface area contributed by atoms with Crippen LogP contribution < -0.4 is 10.6 Å². The number of nitrogens with one attached hydrogen (secondary N) is 2. The summed E-state index contributed by atoms with van der Waals surface area (Å²) in [5.41, 5.74) is 0.866. The molecule has 0 unspecified atom stereocenters. The normalized spacial score (nSPS) is 13.6. The quantitative estimate of drug-likeness (QED) is 0.581. The summed E-state index contributed by atoms with van der Waals surface area (Å²) in [7, 11) is 0. The smallest absolute Gasteiger partial charge is 0.408 e. The minimum absolute atomic E-state index is 0.0876. The molecule has 0 spiro atoms. The van der Waals surface area contributed by atoms with Gasteiger partial charge < -0.3 is 20.5 Å². The molecule has 0 aromatic heterocycles. The van der Waals surface area contributed by atoms with Gasteiger partial charge in [0.15, 0.2) is 0 Å². The van der Waals surface area contributed by atoms with Crippen molar-refractivity contribution in [3.63, 3.8) is 0 Å². The number of hydrogen-bond donors (Lipinski definition) is 3. The molecule has 7 nitrogen and oxygen atoms in total. The van der Waals surface area contributed by atoms with E-state index < -0.39 is 34.5 Å². The lowest BCUT2D eigenvalue weighted by molar-refractivity contribution is -0.152. The number of benzene rings is 2. The molecule has 0 radical (unpaired) electrons. The van der Waals surface area contributed by atoms with E-state index in [2.05, 4.69) is 22.8 Å². The van der Waals surface area contributed by atoms with Gasteiger partial charge in [-0.15, -0.1) is 0 Å². The van der Waals surface area contributed by atoms with Gasteiger partial charge in [-0.05, 0) is 63.8 Å². The molecule has 0 heterocycles. The van der Waals surface area contributed by atoms with Crippen LogP contribution in [0.15, 0.2) is 48.5 Å². The fourth-order valence-corrected chi connectivity index (χ4v) is 3.81. The molecule has 2 amide bonds. The first-order chi connectivity index (χ1) is 15.3. The van der Waals surface area contributed by atoms with E-state index in [4.69, 9.17) is 4.74 Å². The Morgan fingerprint density at radius 1 is 0.848 bits per heavy atom. The molecule has 0 saturated heterocycles. The number of carbonyl (C=O) groups is 3. The first kappa shape index (κ1) is 24.3. The third-order valence-electron chi connectivity index (χ3n) is 6.85. The monoisotopic (exact) mass is 452 g/mol. The van der Waals surface area contributed by atoms with Gasteiger partial charge in [0.2, 0.25) is 5.91 Å². The van der Waals surface area contributed by atoms with Crippen molar-refractivity contribution in [2.24, 2.45) is 5.41 Å². The van der Waals surface area contributed by atoms with Crippen molar-refractivity contribution in [1.29, 1.82) is 0 Å². The average molecular weight is 453 g/mol. The van der Waals surface area contributed by atoms with Crippen molar-refractivity contribution in [3.8, 4) is 11.1 Å². The minimum Gasteiger partial charge on any atom is -0.481 e. The predicted molar refractivity (Wildman–Crippen MR) is 126 cm³/mol. The second-order valence-electron chi connectivity index (χ2n) is 10.1. The highest BCUT2D eigenvalue weighted by Crippen LogP contribution is 2.44. The first-order valence-electron chi connectivity index (χ1n) is 11.0. The molecular formula is C26H32N2O5. The van der Waals surface area contributed by atoms with E-state index in [1.54, 1.807) is 41.5 Å². The number of carboxylic acid groups (broad SMARTS) is 1. The van der Waals surface area contributed by atoms with Crippen molar-refractivity contribution in [2.45, 2.75) is 58.5 Å². The van der Waals surface area contributed by atoms with E-state index in [0.717, 1.165) is 22.3 Å². The molecule has 2 aromatic carbocycles. The third kappa shape index (κ3) is 4.58.